The topological polar surface area (TPSA) is 61.4 Å². The average Bonchev–Trinajstić information content (AvgIpc) is 2.50. The van der Waals surface area contributed by atoms with Gasteiger partial charge in [-0.1, -0.05) is 6.08 Å². The van der Waals surface area contributed by atoms with Crippen LogP contribution in [-0.2, 0) is 9.59 Å². The lowest BCUT2D eigenvalue weighted by Crippen LogP contribution is -2.51. The van der Waals surface area contributed by atoms with E-state index in [1.54, 1.807) is 6.08 Å². The fraction of sp³-hybridized carbons (Fsp3) is 0.381. The minimum atomic E-state index is -0.474. The molecule has 1 aromatic carbocycles. The number of anilines is 1. The molecule has 27 heavy (non-hydrogen) atoms. The van der Waals surface area contributed by atoms with Crippen molar-refractivity contribution in [2.45, 2.75) is 53.1 Å². The van der Waals surface area contributed by atoms with Crippen LogP contribution < -0.4 is 15.5 Å². The van der Waals surface area contributed by atoms with Crippen molar-refractivity contribution in [3.8, 4) is 0 Å². The van der Waals surface area contributed by atoms with Crippen LogP contribution in [0.5, 0.6) is 0 Å². The van der Waals surface area contributed by atoms with Crippen LogP contribution in [0.15, 0.2) is 23.8 Å². The highest BCUT2D eigenvalue weighted by atomic mass is 32.1. The number of aryl methyl sites for hydroxylation is 1. The minimum absolute atomic E-state index is 0.0397. The molecule has 0 atom stereocenters. The van der Waals surface area contributed by atoms with Gasteiger partial charge in [-0.15, -0.1) is 0 Å². The summed E-state index contributed by atoms with van der Waals surface area (Å²) in [5.74, 6) is -0.948. The van der Waals surface area contributed by atoms with E-state index in [0.29, 0.717) is 6.04 Å². The molecular weight excluding hydrogens is 358 g/mol. The van der Waals surface area contributed by atoms with Gasteiger partial charge < -0.3 is 4.90 Å². The van der Waals surface area contributed by atoms with Crippen LogP contribution in [0.4, 0.5) is 5.69 Å². The van der Waals surface area contributed by atoms with Crippen LogP contribution in [-0.4, -0.2) is 28.5 Å². The molecule has 0 spiro atoms. The second-order valence-corrected chi connectivity index (χ2v) is 8.37. The molecule has 1 saturated heterocycles. The summed E-state index contributed by atoms with van der Waals surface area (Å²) in [4.78, 5) is 26.7. The monoisotopic (exact) mass is 383 g/mol. The highest BCUT2D eigenvalue weighted by Gasteiger charge is 2.33. The maximum Gasteiger partial charge on any atom is 0.263 e. The summed E-state index contributed by atoms with van der Waals surface area (Å²) in [6.07, 6.45) is 3.90. The maximum atomic E-state index is 12.2. The third-order valence-corrected chi connectivity index (χ3v) is 5.22. The molecule has 2 aliphatic rings. The average molecular weight is 384 g/mol. The van der Waals surface area contributed by atoms with Gasteiger partial charge in [-0.3, -0.25) is 20.2 Å². The Morgan fingerprint density at radius 3 is 2.26 bits per heavy atom. The Morgan fingerprint density at radius 2 is 1.70 bits per heavy atom. The van der Waals surface area contributed by atoms with Crippen molar-refractivity contribution < 1.29 is 9.59 Å². The SMILES string of the molecule is CC1=CC(C)(C)N(C(C)C)c2cc(C)c(C=C3C(=O)NC(=S)NC3=O)cc21. The van der Waals surface area contributed by atoms with E-state index in [2.05, 4.69) is 68.4 Å². The van der Waals surface area contributed by atoms with Gasteiger partial charge in [-0.25, -0.2) is 0 Å². The summed E-state index contributed by atoms with van der Waals surface area (Å²) in [6.45, 7) is 12.9. The maximum absolute atomic E-state index is 12.2. The first-order valence-electron chi connectivity index (χ1n) is 9.03. The Morgan fingerprint density at radius 1 is 1.11 bits per heavy atom. The van der Waals surface area contributed by atoms with Crippen LogP contribution in [0.2, 0.25) is 0 Å². The van der Waals surface area contributed by atoms with Crippen molar-refractivity contribution in [2.24, 2.45) is 0 Å². The molecule has 2 amide bonds. The lowest BCUT2D eigenvalue weighted by atomic mass is 9.85. The molecule has 2 heterocycles. The fourth-order valence-corrected chi connectivity index (χ4v) is 4.26. The van der Waals surface area contributed by atoms with E-state index in [4.69, 9.17) is 12.2 Å². The zero-order valence-electron chi connectivity index (χ0n) is 16.6. The van der Waals surface area contributed by atoms with Gasteiger partial charge in [0.25, 0.3) is 11.8 Å². The van der Waals surface area contributed by atoms with Gasteiger partial charge in [0.2, 0.25) is 0 Å². The molecule has 6 heteroatoms. The molecule has 0 unspecified atom stereocenters. The summed E-state index contributed by atoms with van der Waals surface area (Å²) < 4.78 is 0. The van der Waals surface area contributed by atoms with Crippen LogP contribution in [0.3, 0.4) is 0 Å². The number of allylic oxidation sites excluding steroid dienone is 1. The molecule has 3 rings (SSSR count). The zero-order valence-corrected chi connectivity index (χ0v) is 17.4. The number of nitrogens with zero attached hydrogens (tertiary/aromatic N) is 1. The zero-order chi connectivity index (χ0) is 20.1. The van der Waals surface area contributed by atoms with Gasteiger partial charge in [0.05, 0.1) is 5.54 Å². The van der Waals surface area contributed by atoms with E-state index in [1.165, 1.54) is 11.3 Å². The molecule has 0 bridgehead atoms. The number of amides is 2. The molecule has 0 radical (unpaired) electrons. The Bertz CT molecular complexity index is 904. The smallest absolute Gasteiger partial charge is 0.263 e. The van der Waals surface area contributed by atoms with Crippen LogP contribution in [0, 0.1) is 6.92 Å². The summed E-state index contributed by atoms with van der Waals surface area (Å²) in [5.41, 5.74) is 5.30. The number of rotatable bonds is 2. The summed E-state index contributed by atoms with van der Waals surface area (Å²) >= 11 is 4.85. The normalized spacial score (nSPS) is 18.8. The lowest BCUT2D eigenvalue weighted by molar-refractivity contribution is -0.123. The first kappa shape index (κ1) is 19.3. The quantitative estimate of drug-likeness (QED) is 0.467. The van der Waals surface area contributed by atoms with Gasteiger partial charge in [0.15, 0.2) is 5.11 Å². The molecule has 0 saturated carbocycles. The Labute approximate surface area is 165 Å². The number of fused-ring (bicyclic) bond motifs is 1. The number of hydrogen-bond acceptors (Lipinski definition) is 4. The van der Waals surface area contributed by atoms with E-state index < -0.39 is 11.8 Å². The van der Waals surface area contributed by atoms with Crippen molar-refractivity contribution >= 4 is 46.5 Å². The van der Waals surface area contributed by atoms with Crippen LogP contribution >= 0.6 is 12.2 Å². The minimum Gasteiger partial charge on any atom is -0.360 e. The fourth-order valence-electron chi connectivity index (χ4n) is 4.07. The number of hydrogen-bond donors (Lipinski definition) is 2. The standard InChI is InChI=1S/C21H25N3O2S/c1-11(2)24-17-7-12(3)14(8-15(17)13(4)10-21(24,5)6)9-16-18(25)22-20(27)23-19(16)26/h7-11H,1-6H3,(H2,22,23,25,26,27). The number of thiocarbonyl (C=S) groups is 1. The number of carbonyl (C=O) groups excluding carboxylic acids is 2. The molecule has 1 fully saturated rings. The van der Waals surface area contributed by atoms with Gasteiger partial charge in [0, 0.05) is 17.3 Å². The highest BCUT2D eigenvalue weighted by molar-refractivity contribution is 7.80. The van der Waals surface area contributed by atoms with Gasteiger partial charge in [-0.05, 0) is 88.7 Å². The Kier molecular flexibility index (Phi) is 4.72. The predicted molar refractivity (Wildman–Crippen MR) is 113 cm³/mol. The molecule has 5 nitrogen and oxygen atoms in total. The van der Waals surface area contributed by atoms with Crippen molar-refractivity contribution in [1.29, 1.82) is 0 Å². The van der Waals surface area contributed by atoms with Crippen LogP contribution in [0.25, 0.3) is 11.6 Å². The van der Waals surface area contributed by atoms with Crippen molar-refractivity contribution in [3.05, 3.63) is 40.5 Å². The molecular formula is C21H25N3O2S. The molecule has 2 aliphatic heterocycles. The largest absolute Gasteiger partial charge is 0.360 e. The molecule has 1 aromatic rings. The Hall–Kier alpha value is -2.47. The van der Waals surface area contributed by atoms with Gasteiger partial charge in [-0.2, -0.15) is 0 Å². The van der Waals surface area contributed by atoms with E-state index in [1.807, 2.05) is 6.92 Å². The van der Waals surface area contributed by atoms with E-state index in [0.717, 1.165) is 16.7 Å². The molecule has 0 aromatic heterocycles. The number of benzene rings is 1. The molecule has 142 valence electrons. The van der Waals surface area contributed by atoms with E-state index in [9.17, 15) is 9.59 Å². The first-order valence-corrected chi connectivity index (χ1v) is 9.44. The predicted octanol–water partition coefficient (Wildman–Crippen LogP) is 3.32. The van der Waals surface area contributed by atoms with Gasteiger partial charge >= 0.3 is 0 Å². The molecule has 2 N–H and O–H groups in total. The lowest BCUT2D eigenvalue weighted by Gasteiger charge is -2.46. The second kappa shape index (κ2) is 6.60. The van der Waals surface area contributed by atoms with Crippen molar-refractivity contribution in [1.82, 2.24) is 10.6 Å². The second-order valence-electron chi connectivity index (χ2n) is 7.97. The Balaban J connectivity index is 2.14. The van der Waals surface area contributed by atoms with Crippen molar-refractivity contribution in [2.75, 3.05) is 4.90 Å². The first-order chi connectivity index (χ1) is 12.5. The van der Waals surface area contributed by atoms with E-state index >= 15 is 0 Å². The third kappa shape index (κ3) is 3.41. The summed E-state index contributed by atoms with van der Waals surface area (Å²) in [6, 6.07) is 4.54. The van der Waals surface area contributed by atoms with Crippen molar-refractivity contribution in [3.63, 3.8) is 0 Å². The summed E-state index contributed by atoms with van der Waals surface area (Å²) in [7, 11) is 0. The van der Waals surface area contributed by atoms with E-state index in [-0.39, 0.29) is 16.2 Å². The highest BCUT2D eigenvalue weighted by Crippen LogP contribution is 2.41. The molecule has 0 aliphatic carbocycles. The number of carbonyl (C=O) groups is 2. The van der Waals surface area contributed by atoms with Gasteiger partial charge in [0.1, 0.15) is 5.57 Å². The summed E-state index contributed by atoms with van der Waals surface area (Å²) in [5, 5.41) is 4.99. The third-order valence-electron chi connectivity index (χ3n) is 5.02. The van der Waals surface area contributed by atoms with Crippen LogP contribution in [0.1, 0.15) is 51.3 Å². The number of nitrogens with one attached hydrogen (secondary N) is 2.